The molecule has 1 aliphatic heterocycles. The molecule has 0 saturated carbocycles. The topological polar surface area (TPSA) is 62.3 Å². The maximum atomic E-state index is 12.6. The number of nitrogens with one attached hydrogen (secondary N) is 1. The van der Waals surface area contributed by atoms with Crippen molar-refractivity contribution in [1.82, 2.24) is 9.88 Å². The second-order valence-electron chi connectivity index (χ2n) is 6.08. The molecule has 2 aromatic rings. The summed E-state index contributed by atoms with van der Waals surface area (Å²) in [4.78, 5) is 30.9. The third-order valence-electron chi connectivity index (χ3n) is 4.22. The van der Waals surface area contributed by atoms with Crippen LogP contribution in [0.5, 0.6) is 0 Å². The average molecular weight is 479 g/mol. The highest BCUT2D eigenvalue weighted by Crippen LogP contribution is 2.36. The van der Waals surface area contributed by atoms with E-state index >= 15 is 0 Å². The van der Waals surface area contributed by atoms with Crippen LogP contribution in [0, 0.1) is 6.92 Å². The van der Waals surface area contributed by atoms with Crippen LogP contribution in [0.15, 0.2) is 18.2 Å². The molecule has 1 fully saturated rings. The van der Waals surface area contributed by atoms with Gasteiger partial charge in [-0.15, -0.1) is 0 Å². The molecular formula is C18H15Cl4N3O2S. The molecule has 2 heterocycles. The predicted octanol–water partition coefficient (Wildman–Crippen LogP) is 5.44. The van der Waals surface area contributed by atoms with Crippen molar-refractivity contribution in [3.63, 3.8) is 0 Å². The zero-order valence-corrected chi connectivity index (χ0v) is 18.5. The molecule has 1 saturated heterocycles. The summed E-state index contributed by atoms with van der Waals surface area (Å²) in [5.41, 5.74) is 1.70. The number of pyridine rings is 1. The van der Waals surface area contributed by atoms with Gasteiger partial charge in [0.1, 0.15) is 10.8 Å². The van der Waals surface area contributed by atoms with E-state index in [9.17, 15) is 9.59 Å². The fraction of sp³-hybridized carbons (Fsp3) is 0.278. The summed E-state index contributed by atoms with van der Waals surface area (Å²) < 4.78 is 0. The quantitative estimate of drug-likeness (QED) is 0.596. The molecule has 148 valence electrons. The Morgan fingerprint density at radius 3 is 2.39 bits per heavy atom. The van der Waals surface area contributed by atoms with Gasteiger partial charge in [0.15, 0.2) is 0 Å². The van der Waals surface area contributed by atoms with Crippen LogP contribution in [0.3, 0.4) is 0 Å². The van der Waals surface area contributed by atoms with E-state index in [2.05, 4.69) is 10.3 Å². The van der Waals surface area contributed by atoms with E-state index < -0.39 is 5.91 Å². The molecule has 1 aromatic carbocycles. The zero-order chi connectivity index (χ0) is 20.4. The van der Waals surface area contributed by atoms with Crippen molar-refractivity contribution in [3.05, 3.63) is 55.2 Å². The van der Waals surface area contributed by atoms with Crippen LogP contribution in [0.2, 0.25) is 20.2 Å². The maximum absolute atomic E-state index is 12.6. The van der Waals surface area contributed by atoms with E-state index in [0.717, 1.165) is 30.2 Å². The van der Waals surface area contributed by atoms with Gasteiger partial charge >= 0.3 is 0 Å². The summed E-state index contributed by atoms with van der Waals surface area (Å²) in [7, 11) is 0. The van der Waals surface area contributed by atoms with E-state index in [1.807, 2.05) is 16.7 Å². The average Bonchev–Trinajstić information content (AvgIpc) is 2.70. The van der Waals surface area contributed by atoms with Crippen molar-refractivity contribution in [2.24, 2.45) is 0 Å². The Balaban J connectivity index is 1.80. The van der Waals surface area contributed by atoms with Crippen LogP contribution in [0.25, 0.3) is 0 Å². The molecule has 0 aliphatic carbocycles. The van der Waals surface area contributed by atoms with Crippen molar-refractivity contribution >= 4 is 75.7 Å². The highest BCUT2D eigenvalue weighted by molar-refractivity contribution is 7.99. The monoisotopic (exact) mass is 477 g/mol. The Bertz CT molecular complexity index is 949. The first-order valence-corrected chi connectivity index (χ1v) is 10.9. The smallest absolute Gasteiger partial charge is 0.275 e. The second kappa shape index (κ2) is 9.09. The number of carbonyl (C=O) groups excluding carboxylic acids is 2. The molecule has 1 N–H and O–H groups in total. The SMILES string of the molecule is Cc1cc(C(=O)N2CCSCC2)ccc1NC(=O)c1nc(Cl)c(Cl)c(Cl)c1Cl. The van der Waals surface area contributed by atoms with E-state index in [1.54, 1.807) is 25.1 Å². The van der Waals surface area contributed by atoms with Gasteiger partial charge in [-0.1, -0.05) is 46.4 Å². The van der Waals surface area contributed by atoms with Crippen LogP contribution >= 0.6 is 58.2 Å². The summed E-state index contributed by atoms with van der Waals surface area (Å²) in [6.07, 6.45) is 0. The third-order valence-corrected chi connectivity index (χ3v) is 6.84. The number of aromatic nitrogens is 1. The highest BCUT2D eigenvalue weighted by Gasteiger charge is 2.22. The van der Waals surface area contributed by atoms with Gasteiger partial charge in [-0.25, -0.2) is 4.98 Å². The first-order valence-electron chi connectivity index (χ1n) is 8.28. The van der Waals surface area contributed by atoms with E-state index in [0.29, 0.717) is 11.3 Å². The van der Waals surface area contributed by atoms with Gasteiger partial charge in [-0.05, 0) is 30.7 Å². The fourth-order valence-electron chi connectivity index (χ4n) is 2.71. The number of thioether (sulfide) groups is 1. The number of aryl methyl sites for hydroxylation is 1. The van der Waals surface area contributed by atoms with Gasteiger partial charge in [0.25, 0.3) is 11.8 Å². The third kappa shape index (κ3) is 4.52. The minimum Gasteiger partial charge on any atom is -0.337 e. The Hall–Kier alpha value is -1.18. The molecule has 10 heteroatoms. The second-order valence-corrected chi connectivity index (χ2v) is 8.80. The van der Waals surface area contributed by atoms with Crippen LogP contribution in [-0.4, -0.2) is 46.3 Å². The summed E-state index contributed by atoms with van der Waals surface area (Å²) in [5, 5.41) is 2.47. The number of anilines is 1. The normalized spacial score (nSPS) is 14.1. The molecule has 0 bridgehead atoms. The van der Waals surface area contributed by atoms with Gasteiger partial charge in [-0.3, -0.25) is 9.59 Å². The van der Waals surface area contributed by atoms with Crippen LogP contribution < -0.4 is 5.32 Å². The van der Waals surface area contributed by atoms with Gasteiger partial charge in [-0.2, -0.15) is 11.8 Å². The summed E-state index contributed by atoms with van der Waals surface area (Å²) in [5.74, 6) is 1.29. The molecular weight excluding hydrogens is 464 g/mol. The first-order chi connectivity index (χ1) is 13.3. The van der Waals surface area contributed by atoms with E-state index in [-0.39, 0.29) is 31.8 Å². The van der Waals surface area contributed by atoms with Crippen LogP contribution in [0.1, 0.15) is 26.4 Å². The van der Waals surface area contributed by atoms with Crippen molar-refractivity contribution < 1.29 is 9.59 Å². The molecule has 3 rings (SSSR count). The molecule has 28 heavy (non-hydrogen) atoms. The first kappa shape index (κ1) is 21.5. The maximum Gasteiger partial charge on any atom is 0.275 e. The summed E-state index contributed by atoms with van der Waals surface area (Å²) in [6.45, 7) is 3.28. The van der Waals surface area contributed by atoms with Gasteiger partial charge in [0, 0.05) is 35.8 Å². The molecule has 0 radical (unpaired) electrons. The van der Waals surface area contributed by atoms with Crippen molar-refractivity contribution in [2.45, 2.75) is 6.92 Å². The number of amides is 2. The lowest BCUT2D eigenvalue weighted by molar-refractivity contribution is 0.0772. The number of rotatable bonds is 3. The Labute approximate surface area is 186 Å². The Morgan fingerprint density at radius 1 is 1.07 bits per heavy atom. The molecule has 1 aromatic heterocycles. The molecule has 2 amide bonds. The summed E-state index contributed by atoms with van der Waals surface area (Å²) >= 11 is 25.7. The van der Waals surface area contributed by atoms with Crippen molar-refractivity contribution in [1.29, 1.82) is 0 Å². The minimum absolute atomic E-state index is 0.0118. The number of benzene rings is 1. The lowest BCUT2D eigenvalue weighted by Gasteiger charge is -2.26. The number of hydrogen-bond acceptors (Lipinski definition) is 4. The molecule has 0 unspecified atom stereocenters. The van der Waals surface area contributed by atoms with Gasteiger partial charge in [0.05, 0.1) is 15.1 Å². The lowest BCUT2D eigenvalue weighted by Crippen LogP contribution is -2.37. The molecule has 0 spiro atoms. The van der Waals surface area contributed by atoms with Crippen LogP contribution in [-0.2, 0) is 0 Å². The number of nitrogens with zero attached hydrogens (tertiary/aromatic N) is 2. The molecule has 1 aliphatic rings. The number of halogens is 4. The van der Waals surface area contributed by atoms with Gasteiger partial charge in [0.2, 0.25) is 0 Å². The van der Waals surface area contributed by atoms with E-state index in [4.69, 9.17) is 46.4 Å². The fourth-order valence-corrected chi connectivity index (χ4v) is 4.42. The minimum atomic E-state index is -0.583. The van der Waals surface area contributed by atoms with E-state index in [1.165, 1.54) is 0 Å². The Kier molecular flexibility index (Phi) is 6.99. The zero-order valence-electron chi connectivity index (χ0n) is 14.7. The van der Waals surface area contributed by atoms with Crippen molar-refractivity contribution in [3.8, 4) is 0 Å². The van der Waals surface area contributed by atoms with Crippen LogP contribution in [0.4, 0.5) is 5.69 Å². The molecule has 0 atom stereocenters. The summed E-state index contributed by atoms with van der Waals surface area (Å²) in [6, 6.07) is 5.10. The predicted molar refractivity (Wildman–Crippen MR) is 117 cm³/mol. The highest BCUT2D eigenvalue weighted by atomic mass is 35.5. The Morgan fingerprint density at radius 2 is 1.75 bits per heavy atom. The number of carbonyl (C=O) groups is 2. The largest absolute Gasteiger partial charge is 0.337 e. The standard InChI is InChI=1S/C18H15Cl4N3O2S/c1-9-8-10(18(27)25-4-6-28-7-5-25)2-3-11(9)23-17(26)15-13(20)12(19)14(21)16(22)24-15/h2-3,8H,4-7H2,1H3,(H,23,26). The van der Waals surface area contributed by atoms with Gasteiger partial charge < -0.3 is 10.2 Å². The van der Waals surface area contributed by atoms with Crippen molar-refractivity contribution in [2.75, 3.05) is 29.9 Å². The molecule has 5 nitrogen and oxygen atoms in total. The number of hydrogen-bond donors (Lipinski definition) is 1. The lowest BCUT2D eigenvalue weighted by atomic mass is 10.1.